The second kappa shape index (κ2) is 8.37. The van der Waals surface area contributed by atoms with Crippen LogP contribution in [-0.4, -0.2) is 42.8 Å². The number of nitrogens with zero attached hydrogens (tertiary/aromatic N) is 1. The van der Waals surface area contributed by atoms with E-state index in [-0.39, 0.29) is 6.04 Å². The van der Waals surface area contributed by atoms with Gasteiger partial charge in [-0.15, -0.1) is 0 Å². The van der Waals surface area contributed by atoms with E-state index >= 15 is 0 Å². The summed E-state index contributed by atoms with van der Waals surface area (Å²) >= 11 is 0. The molecule has 0 aromatic carbocycles. The van der Waals surface area contributed by atoms with Gasteiger partial charge in [-0.05, 0) is 51.5 Å². The van der Waals surface area contributed by atoms with Crippen molar-refractivity contribution < 1.29 is 13.2 Å². The maximum Gasteiger partial charge on any atom is 0.401 e. The van der Waals surface area contributed by atoms with Crippen molar-refractivity contribution in [2.24, 2.45) is 11.8 Å². The third kappa shape index (κ3) is 6.55. The van der Waals surface area contributed by atoms with Gasteiger partial charge < -0.3 is 5.32 Å². The number of nitrogens with one attached hydrogen (secondary N) is 1. The molecule has 1 aliphatic rings. The number of halogens is 3. The SMILES string of the molecule is CCNC1CCC(CC)CC1CN(CC(F)(F)F)C(C)C. The highest BCUT2D eigenvalue weighted by Gasteiger charge is 2.36. The van der Waals surface area contributed by atoms with Crippen molar-refractivity contribution in [1.82, 2.24) is 10.2 Å². The van der Waals surface area contributed by atoms with E-state index in [4.69, 9.17) is 0 Å². The molecular formula is C16H31F3N2. The minimum absolute atomic E-state index is 0.0732. The third-order valence-electron chi connectivity index (χ3n) is 4.72. The average molecular weight is 308 g/mol. The summed E-state index contributed by atoms with van der Waals surface area (Å²) in [5.41, 5.74) is 0. The fourth-order valence-corrected chi connectivity index (χ4v) is 3.45. The molecule has 0 radical (unpaired) electrons. The van der Waals surface area contributed by atoms with Gasteiger partial charge in [0.2, 0.25) is 0 Å². The predicted molar refractivity (Wildman–Crippen MR) is 81.4 cm³/mol. The fourth-order valence-electron chi connectivity index (χ4n) is 3.45. The van der Waals surface area contributed by atoms with Crippen LogP contribution in [0.3, 0.4) is 0 Å². The van der Waals surface area contributed by atoms with Crippen molar-refractivity contribution in [3.63, 3.8) is 0 Å². The lowest BCUT2D eigenvalue weighted by atomic mass is 9.76. The van der Waals surface area contributed by atoms with Gasteiger partial charge in [-0.1, -0.05) is 20.3 Å². The molecular weight excluding hydrogens is 277 g/mol. The Labute approximate surface area is 127 Å². The first-order chi connectivity index (χ1) is 9.76. The Balaban J connectivity index is 2.71. The van der Waals surface area contributed by atoms with Gasteiger partial charge in [-0.3, -0.25) is 4.90 Å². The van der Waals surface area contributed by atoms with Gasteiger partial charge in [0.1, 0.15) is 0 Å². The maximum atomic E-state index is 12.8. The molecule has 126 valence electrons. The molecule has 1 aliphatic carbocycles. The van der Waals surface area contributed by atoms with Crippen molar-refractivity contribution in [3.8, 4) is 0 Å². The second-order valence-corrected chi connectivity index (χ2v) is 6.65. The highest BCUT2D eigenvalue weighted by atomic mass is 19.4. The van der Waals surface area contributed by atoms with E-state index in [1.165, 1.54) is 6.42 Å². The normalized spacial score (nSPS) is 27.6. The zero-order valence-electron chi connectivity index (χ0n) is 13.8. The molecule has 0 heterocycles. The lowest BCUT2D eigenvalue weighted by Crippen LogP contribution is -2.49. The smallest absolute Gasteiger partial charge is 0.314 e. The molecule has 1 fully saturated rings. The molecule has 21 heavy (non-hydrogen) atoms. The summed E-state index contributed by atoms with van der Waals surface area (Å²) in [6.07, 6.45) is 0.364. The molecule has 3 atom stereocenters. The standard InChI is InChI=1S/C16H31F3N2/c1-5-13-7-8-15(20-6-2)14(9-13)10-21(12(3)4)11-16(17,18)19/h12-15,20H,5-11H2,1-4H3. The van der Waals surface area contributed by atoms with Gasteiger partial charge in [0.15, 0.2) is 0 Å². The number of rotatable bonds is 7. The van der Waals surface area contributed by atoms with Crippen molar-refractivity contribution >= 4 is 0 Å². The summed E-state index contributed by atoms with van der Waals surface area (Å²) in [4.78, 5) is 1.59. The van der Waals surface area contributed by atoms with Gasteiger partial charge in [0.25, 0.3) is 0 Å². The predicted octanol–water partition coefficient (Wildman–Crippen LogP) is 4.06. The van der Waals surface area contributed by atoms with E-state index in [0.717, 1.165) is 25.8 Å². The summed E-state index contributed by atoms with van der Waals surface area (Å²) in [7, 11) is 0. The topological polar surface area (TPSA) is 15.3 Å². The fraction of sp³-hybridized carbons (Fsp3) is 1.00. The molecule has 0 spiro atoms. The first-order valence-electron chi connectivity index (χ1n) is 8.31. The summed E-state index contributed by atoms with van der Waals surface area (Å²) in [5.74, 6) is 0.998. The molecule has 0 bridgehead atoms. The Morgan fingerprint density at radius 2 is 1.86 bits per heavy atom. The molecule has 3 unspecified atom stereocenters. The van der Waals surface area contributed by atoms with Crippen LogP contribution < -0.4 is 5.32 Å². The Kier molecular flexibility index (Phi) is 7.48. The van der Waals surface area contributed by atoms with Gasteiger partial charge in [0, 0.05) is 18.6 Å². The van der Waals surface area contributed by atoms with E-state index in [0.29, 0.717) is 24.4 Å². The summed E-state index contributed by atoms with van der Waals surface area (Å²) < 4.78 is 38.3. The molecule has 0 aromatic rings. The Morgan fingerprint density at radius 3 is 2.33 bits per heavy atom. The van der Waals surface area contributed by atoms with Crippen LogP contribution in [0.25, 0.3) is 0 Å². The maximum absolute atomic E-state index is 12.8. The van der Waals surface area contributed by atoms with Crippen LogP contribution in [-0.2, 0) is 0 Å². The van der Waals surface area contributed by atoms with Crippen molar-refractivity contribution in [1.29, 1.82) is 0 Å². The van der Waals surface area contributed by atoms with E-state index < -0.39 is 12.7 Å². The van der Waals surface area contributed by atoms with Crippen LogP contribution >= 0.6 is 0 Å². The van der Waals surface area contributed by atoms with Crippen molar-refractivity contribution in [3.05, 3.63) is 0 Å². The quantitative estimate of drug-likeness (QED) is 0.763. The molecule has 5 heteroatoms. The third-order valence-corrected chi connectivity index (χ3v) is 4.72. The molecule has 1 N–H and O–H groups in total. The van der Waals surface area contributed by atoms with Crippen LogP contribution in [0, 0.1) is 11.8 Å². The Morgan fingerprint density at radius 1 is 1.19 bits per heavy atom. The Bertz CT molecular complexity index is 292. The molecule has 0 aromatic heterocycles. The molecule has 2 nitrogen and oxygen atoms in total. The minimum Gasteiger partial charge on any atom is -0.314 e. The van der Waals surface area contributed by atoms with Crippen molar-refractivity contribution in [2.75, 3.05) is 19.6 Å². The monoisotopic (exact) mass is 308 g/mol. The highest BCUT2D eigenvalue weighted by Crippen LogP contribution is 2.33. The first kappa shape index (κ1) is 18.8. The zero-order valence-corrected chi connectivity index (χ0v) is 13.8. The van der Waals surface area contributed by atoms with E-state index in [1.807, 2.05) is 13.8 Å². The number of hydrogen-bond acceptors (Lipinski definition) is 2. The van der Waals surface area contributed by atoms with Crippen LogP contribution in [0.15, 0.2) is 0 Å². The van der Waals surface area contributed by atoms with Crippen LogP contribution in [0.1, 0.15) is 53.4 Å². The van der Waals surface area contributed by atoms with Crippen molar-refractivity contribution in [2.45, 2.75) is 71.6 Å². The largest absolute Gasteiger partial charge is 0.401 e. The van der Waals surface area contributed by atoms with Crippen LogP contribution in [0.4, 0.5) is 13.2 Å². The highest BCUT2D eigenvalue weighted by molar-refractivity contribution is 4.87. The average Bonchev–Trinajstić information content (AvgIpc) is 2.38. The first-order valence-corrected chi connectivity index (χ1v) is 8.31. The van der Waals surface area contributed by atoms with E-state index in [2.05, 4.69) is 19.2 Å². The molecule has 1 saturated carbocycles. The molecule has 0 saturated heterocycles. The molecule has 1 rings (SSSR count). The molecule has 0 amide bonds. The molecule has 0 aliphatic heterocycles. The van der Waals surface area contributed by atoms with E-state index in [1.54, 1.807) is 4.90 Å². The van der Waals surface area contributed by atoms with Gasteiger partial charge >= 0.3 is 6.18 Å². The van der Waals surface area contributed by atoms with E-state index in [9.17, 15) is 13.2 Å². The lowest BCUT2D eigenvalue weighted by molar-refractivity contribution is -0.151. The van der Waals surface area contributed by atoms with Gasteiger partial charge in [-0.2, -0.15) is 13.2 Å². The summed E-state index contributed by atoms with van der Waals surface area (Å²) in [6, 6.07) is 0.295. The van der Waals surface area contributed by atoms with Crippen LogP contribution in [0.2, 0.25) is 0 Å². The summed E-state index contributed by atoms with van der Waals surface area (Å²) in [5, 5.41) is 3.48. The number of hydrogen-bond donors (Lipinski definition) is 1. The van der Waals surface area contributed by atoms with Gasteiger partial charge in [-0.25, -0.2) is 0 Å². The second-order valence-electron chi connectivity index (χ2n) is 6.65. The Hall–Kier alpha value is -0.290. The lowest BCUT2D eigenvalue weighted by Gasteiger charge is -2.40. The number of alkyl halides is 3. The van der Waals surface area contributed by atoms with Gasteiger partial charge in [0.05, 0.1) is 6.54 Å². The zero-order chi connectivity index (χ0) is 16.0. The summed E-state index contributed by atoms with van der Waals surface area (Å²) in [6.45, 7) is 8.60. The minimum atomic E-state index is -4.11. The van der Waals surface area contributed by atoms with Crippen LogP contribution in [0.5, 0.6) is 0 Å².